The maximum Gasteiger partial charge on any atom is 0.326 e. The zero-order valence-corrected chi connectivity index (χ0v) is 41.9. The number of primary amides is 1. The third-order valence-electron chi connectivity index (χ3n) is 10.8. The molecular formula is C44H65N9O25. The molecule has 18 N–H and O–H groups in total. The van der Waals surface area contributed by atoms with Crippen LogP contribution in [0, 0.1) is 0 Å². The highest BCUT2D eigenvalue weighted by molar-refractivity contribution is 5.91. The van der Waals surface area contributed by atoms with Crippen molar-refractivity contribution in [1.82, 2.24) is 42.5 Å². The Balaban J connectivity index is 5.20. The number of rotatable bonds is 42. The van der Waals surface area contributed by atoms with Crippen molar-refractivity contribution in [3.05, 3.63) is 0 Å². The summed E-state index contributed by atoms with van der Waals surface area (Å²) < 4.78 is 0. The summed E-state index contributed by atoms with van der Waals surface area (Å²) in [6, 6.07) is -13.6. The molecule has 78 heavy (non-hydrogen) atoms. The lowest BCUT2D eigenvalue weighted by Gasteiger charge is -2.19. The van der Waals surface area contributed by atoms with E-state index in [-0.39, 0.29) is 19.3 Å². The Hall–Kier alpha value is -9.01. The molecule has 0 heterocycles. The van der Waals surface area contributed by atoms with Gasteiger partial charge in [0, 0.05) is 57.8 Å². The number of carboxylic acids is 8. The van der Waals surface area contributed by atoms with E-state index in [9.17, 15) is 122 Å². The van der Waals surface area contributed by atoms with E-state index in [0.29, 0.717) is 6.42 Å². The fourth-order valence-electron chi connectivity index (χ4n) is 6.63. The second-order valence-corrected chi connectivity index (χ2v) is 17.2. The van der Waals surface area contributed by atoms with E-state index in [2.05, 4.69) is 26.6 Å². The number of amides is 9. The van der Waals surface area contributed by atoms with Crippen molar-refractivity contribution in [3.63, 3.8) is 0 Å². The quantitative estimate of drug-likeness (QED) is 0.0272. The minimum atomic E-state index is -1.82. The zero-order chi connectivity index (χ0) is 59.8. The molecule has 0 radical (unpaired) electrons. The van der Waals surface area contributed by atoms with Gasteiger partial charge in [-0.15, -0.1) is 0 Å². The van der Waals surface area contributed by atoms with E-state index in [1.165, 1.54) is 0 Å². The van der Waals surface area contributed by atoms with Gasteiger partial charge in [0.1, 0.15) is 48.3 Å². The van der Waals surface area contributed by atoms with E-state index in [4.69, 9.17) is 5.73 Å². The van der Waals surface area contributed by atoms with Gasteiger partial charge in [0.05, 0.1) is 0 Å². The minimum absolute atomic E-state index is 0.0223. The summed E-state index contributed by atoms with van der Waals surface area (Å²) in [6.07, 6.45) is -9.19. The largest absolute Gasteiger partial charge is 0.480 e. The van der Waals surface area contributed by atoms with E-state index in [1.54, 1.807) is 6.92 Å². The van der Waals surface area contributed by atoms with Crippen LogP contribution in [0.2, 0.25) is 0 Å². The van der Waals surface area contributed by atoms with Gasteiger partial charge in [-0.3, -0.25) is 43.2 Å². The van der Waals surface area contributed by atoms with Crippen molar-refractivity contribution in [2.45, 2.75) is 171 Å². The molecule has 0 aromatic heterocycles. The van der Waals surface area contributed by atoms with Crippen molar-refractivity contribution in [2.24, 2.45) is 5.73 Å². The van der Waals surface area contributed by atoms with Crippen molar-refractivity contribution in [2.75, 3.05) is 0 Å². The summed E-state index contributed by atoms with van der Waals surface area (Å²) in [5.41, 5.74) is 4.98. The van der Waals surface area contributed by atoms with Crippen molar-refractivity contribution < 1.29 is 122 Å². The molecule has 34 nitrogen and oxygen atoms in total. The monoisotopic (exact) mass is 1120 g/mol. The molecule has 0 rings (SSSR count). The van der Waals surface area contributed by atoms with Crippen LogP contribution in [-0.4, -0.2) is 190 Å². The highest BCUT2D eigenvalue weighted by Gasteiger charge is 2.30. The summed E-state index contributed by atoms with van der Waals surface area (Å²) >= 11 is 0. The van der Waals surface area contributed by atoms with Crippen LogP contribution in [0.15, 0.2) is 0 Å². The van der Waals surface area contributed by atoms with Crippen LogP contribution in [0.1, 0.15) is 122 Å². The lowest BCUT2D eigenvalue weighted by Crippen LogP contribution is -2.46. The first kappa shape index (κ1) is 69.0. The Morgan fingerprint density at radius 1 is 0.256 bits per heavy atom. The molecule has 0 aliphatic carbocycles. The number of carboxylic acid groups (broad SMARTS) is 8. The summed E-state index contributed by atoms with van der Waals surface area (Å²) in [5, 5.41) is 92.6. The molecule has 8 unspecified atom stereocenters. The van der Waals surface area contributed by atoms with Crippen molar-refractivity contribution in [1.29, 1.82) is 0 Å². The van der Waals surface area contributed by atoms with E-state index in [1.807, 2.05) is 16.0 Å². The Morgan fingerprint density at radius 2 is 0.385 bits per heavy atom. The van der Waals surface area contributed by atoms with Gasteiger partial charge in [0.25, 0.3) is 0 Å². The number of nitrogens with two attached hydrogens (primary N) is 1. The van der Waals surface area contributed by atoms with Crippen molar-refractivity contribution >= 4 is 101 Å². The van der Waals surface area contributed by atoms with Gasteiger partial charge < -0.3 is 89.1 Å². The van der Waals surface area contributed by atoms with Crippen LogP contribution in [0.4, 0.5) is 0 Å². The summed E-state index contributed by atoms with van der Waals surface area (Å²) in [6.45, 7) is 1.68. The van der Waals surface area contributed by atoms with Gasteiger partial charge in [0.15, 0.2) is 0 Å². The Kier molecular flexibility index (Phi) is 31.9. The smallest absolute Gasteiger partial charge is 0.326 e. The molecule has 0 bridgehead atoms. The first-order valence-electron chi connectivity index (χ1n) is 23.8. The minimum Gasteiger partial charge on any atom is -0.480 e. The predicted octanol–water partition coefficient (Wildman–Crippen LogP) is -4.93. The number of nitrogens with one attached hydrogen (secondary N) is 8. The zero-order valence-electron chi connectivity index (χ0n) is 41.9. The standard InChI is InChI=1S/C44H65N9O25/c1-2-3-29(55)46-21(38(65)66)5-13-31(57)48-23(40(69)70)7-15-33(59)50-25(42(73)74)9-17-35(61)52-27(44(77)78)11-19-36(62)53-26(43(75)76)10-18-34(60)51-24(41(71)72)8-16-32(58)49-22(39(67)68)6-14-30(56)47-20(37(63)64)4-12-28(45)54/h20-27H,2-19H2,1H3,(H2,45,54)(H,46,55)(H,47,56)(H,48,57)(H,49,58)(H,50,59)(H,51,60)(H,52,61)(H,53,62)(H,63,64)(H,65,66)(H,67,68)(H,69,70)(H,71,72)(H,73,74)(H,75,76)(H,77,78). The van der Waals surface area contributed by atoms with Gasteiger partial charge in [-0.1, -0.05) is 6.92 Å². The molecule has 0 aliphatic rings. The van der Waals surface area contributed by atoms with Gasteiger partial charge >= 0.3 is 47.8 Å². The molecule has 436 valence electrons. The van der Waals surface area contributed by atoms with Gasteiger partial charge in [-0.2, -0.15) is 0 Å². The molecule has 0 spiro atoms. The first-order chi connectivity index (χ1) is 36.4. The van der Waals surface area contributed by atoms with Gasteiger partial charge in [-0.05, 0) is 57.8 Å². The van der Waals surface area contributed by atoms with Gasteiger partial charge in [-0.25, -0.2) is 38.4 Å². The molecule has 0 saturated carbocycles. The number of carbonyl (C=O) groups excluding carboxylic acids is 9. The maximum atomic E-state index is 12.7. The van der Waals surface area contributed by atoms with E-state index < -0.39 is 239 Å². The maximum absolute atomic E-state index is 12.7. The lowest BCUT2D eigenvalue weighted by molar-refractivity contribution is -0.144. The molecule has 0 aromatic rings. The normalized spacial score (nSPS) is 13.8. The molecule has 0 aromatic carbocycles. The highest BCUT2D eigenvalue weighted by Crippen LogP contribution is 2.09. The number of carbonyl (C=O) groups is 17. The lowest BCUT2D eigenvalue weighted by atomic mass is 10.1. The Labute approximate surface area is 441 Å². The summed E-state index contributed by atoms with van der Waals surface area (Å²) in [4.78, 5) is 204. The van der Waals surface area contributed by atoms with Crippen LogP contribution >= 0.6 is 0 Å². The molecule has 34 heteroatoms. The van der Waals surface area contributed by atoms with Crippen LogP contribution in [-0.2, 0) is 81.5 Å². The fraction of sp³-hybridized carbons (Fsp3) is 0.614. The van der Waals surface area contributed by atoms with Crippen LogP contribution < -0.4 is 48.3 Å². The first-order valence-corrected chi connectivity index (χ1v) is 23.8. The SMILES string of the molecule is CCCC(=O)NC(CCC(=O)NC(CCC(=O)NC(CCC(=O)NC(CCC(=O)NC(CCC(=O)NC(CCC(=O)NC(CCC(=O)NC(CCC(N)=O)C(=O)O)C(=O)O)C(=O)O)C(=O)O)C(=O)O)C(=O)O)C(=O)O)C(=O)O. The highest BCUT2D eigenvalue weighted by atomic mass is 16.4. The van der Waals surface area contributed by atoms with E-state index >= 15 is 0 Å². The Morgan fingerprint density at radius 3 is 0.500 bits per heavy atom. The average molecular weight is 1120 g/mol. The molecule has 0 saturated heterocycles. The molecular weight excluding hydrogens is 1050 g/mol. The van der Waals surface area contributed by atoms with Crippen molar-refractivity contribution in [3.8, 4) is 0 Å². The second kappa shape index (κ2) is 36.1. The number of hydrogen-bond donors (Lipinski definition) is 17. The third kappa shape index (κ3) is 30.4. The van der Waals surface area contributed by atoms with Crippen LogP contribution in [0.3, 0.4) is 0 Å². The topological polar surface area (TPSA) is 574 Å². The fourth-order valence-corrected chi connectivity index (χ4v) is 6.63. The van der Waals surface area contributed by atoms with Crippen LogP contribution in [0.5, 0.6) is 0 Å². The predicted molar refractivity (Wildman–Crippen MR) is 255 cm³/mol. The average Bonchev–Trinajstić information content (AvgIpc) is 3.33. The third-order valence-corrected chi connectivity index (χ3v) is 10.8. The summed E-state index contributed by atoms with van der Waals surface area (Å²) in [5.74, 6) is -21.6. The molecule has 8 atom stereocenters. The Bertz CT molecular complexity index is 2240. The molecule has 0 fully saturated rings. The number of hydrogen-bond acceptors (Lipinski definition) is 17. The van der Waals surface area contributed by atoms with Crippen LogP contribution in [0.25, 0.3) is 0 Å². The summed E-state index contributed by atoms with van der Waals surface area (Å²) in [7, 11) is 0. The molecule has 0 aliphatic heterocycles. The molecule has 9 amide bonds. The van der Waals surface area contributed by atoms with Gasteiger partial charge in [0.2, 0.25) is 53.2 Å². The second-order valence-electron chi connectivity index (χ2n) is 17.2. The van der Waals surface area contributed by atoms with E-state index in [0.717, 1.165) is 0 Å². The number of aliphatic carboxylic acids is 8.